The second kappa shape index (κ2) is 5.71. The van der Waals surface area contributed by atoms with Gasteiger partial charge in [0, 0.05) is 11.8 Å². The fourth-order valence-electron chi connectivity index (χ4n) is 1.63. The molecule has 0 fully saturated rings. The third-order valence-corrected chi connectivity index (χ3v) is 4.07. The van der Waals surface area contributed by atoms with Crippen LogP contribution in [0.5, 0.6) is 0 Å². The molecule has 0 saturated heterocycles. The number of aromatic nitrogens is 1. The van der Waals surface area contributed by atoms with E-state index in [-0.39, 0.29) is 22.2 Å². The van der Waals surface area contributed by atoms with Crippen LogP contribution in [0.2, 0.25) is 0 Å². The number of oxazole rings is 1. The van der Waals surface area contributed by atoms with E-state index in [0.717, 1.165) is 6.26 Å². The van der Waals surface area contributed by atoms with Crippen molar-refractivity contribution >= 4 is 33.0 Å². The molecule has 8 heteroatoms. The molecule has 0 aliphatic heterocycles. The number of hydrogen-bond acceptors (Lipinski definition) is 4. The number of hydrogen-bond donors (Lipinski definition) is 0. The highest BCUT2D eigenvalue weighted by Gasteiger charge is 2.19. The van der Waals surface area contributed by atoms with Crippen LogP contribution in [0.4, 0.5) is 4.39 Å². The predicted molar refractivity (Wildman–Crippen MR) is 74.3 cm³/mol. The van der Waals surface area contributed by atoms with Crippen LogP contribution in [0, 0.1) is 0 Å². The molecule has 0 unspecified atom stereocenters. The first-order valence-corrected chi connectivity index (χ1v) is 8.23. The van der Waals surface area contributed by atoms with E-state index in [1.54, 1.807) is 0 Å². The highest BCUT2D eigenvalue weighted by atomic mass is 35.5. The summed E-state index contributed by atoms with van der Waals surface area (Å²) in [5.41, 5.74) is 0.566. The lowest BCUT2D eigenvalue weighted by Gasteiger charge is -2.01. The fourth-order valence-corrected chi connectivity index (χ4v) is 2.45. The summed E-state index contributed by atoms with van der Waals surface area (Å²) in [7, 11) is -3.29. The van der Waals surface area contributed by atoms with E-state index in [9.17, 15) is 12.8 Å². The number of alkyl halides is 3. The van der Waals surface area contributed by atoms with Crippen molar-refractivity contribution in [3.63, 3.8) is 0 Å². The largest absolute Gasteiger partial charge is 0.437 e. The van der Waals surface area contributed by atoms with Gasteiger partial charge in [-0.15, -0.1) is 0 Å². The average Bonchev–Trinajstić information content (AvgIpc) is 2.82. The Hall–Kier alpha value is -1.11. The molecule has 0 aliphatic rings. The van der Waals surface area contributed by atoms with Gasteiger partial charge in [0.25, 0.3) is 0 Å². The predicted octanol–water partition coefficient (Wildman–Crippen LogP) is 3.69. The summed E-state index contributed by atoms with van der Waals surface area (Å²) in [6, 6.07) is 5.84. The molecule has 108 valence electrons. The van der Waals surface area contributed by atoms with Gasteiger partial charge in [-0.25, -0.2) is 17.8 Å². The van der Waals surface area contributed by atoms with Crippen molar-refractivity contribution in [2.45, 2.75) is 16.4 Å². The van der Waals surface area contributed by atoms with Crippen LogP contribution in [-0.4, -0.2) is 19.7 Å². The Morgan fingerprint density at radius 1 is 1.30 bits per heavy atom. The molecule has 2 rings (SSSR count). The first-order valence-electron chi connectivity index (χ1n) is 5.47. The molecular weight excluding hydrogens is 328 g/mol. The molecule has 0 spiro atoms. The van der Waals surface area contributed by atoms with Gasteiger partial charge in [0.1, 0.15) is 12.4 Å². The van der Waals surface area contributed by atoms with Gasteiger partial charge in [0.2, 0.25) is 5.89 Å². The van der Waals surface area contributed by atoms with Gasteiger partial charge in [0.15, 0.2) is 20.4 Å². The monoisotopic (exact) mass is 337 g/mol. The van der Waals surface area contributed by atoms with Crippen LogP contribution in [0.15, 0.2) is 33.6 Å². The minimum atomic E-state index is -3.29. The first kappa shape index (κ1) is 15.3. The number of rotatable bonds is 4. The summed E-state index contributed by atoms with van der Waals surface area (Å²) in [5.74, 6) is 0.192. The molecule has 0 atom stereocenters. The molecule has 1 heterocycles. The number of benzene rings is 1. The van der Waals surface area contributed by atoms with Crippen molar-refractivity contribution in [2.24, 2.45) is 0 Å². The number of halogens is 3. The van der Waals surface area contributed by atoms with Crippen LogP contribution in [-0.2, 0) is 16.5 Å². The van der Waals surface area contributed by atoms with Gasteiger partial charge < -0.3 is 4.42 Å². The molecular formula is C12H10Cl2FNO3S. The maximum absolute atomic E-state index is 12.9. The maximum atomic E-state index is 12.9. The SMILES string of the molecule is CS(=O)(=O)c1ccc(-c2oc(C(Cl)Cl)nc2CF)cc1. The zero-order valence-corrected chi connectivity index (χ0v) is 12.6. The lowest BCUT2D eigenvalue weighted by Crippen LogP contribution is -1.96. The standard InChI is InChI=1S/C12H10Cl2FNO3S/c1-20(17,18)8-4-2-7(3-5-8)10-9(6-15)16-12(19-10)11(13)14/h2-5,11H,6H2,1H3. The van der Waals surface area contributed by atoms with E-state index in [1.807, 2.05) is 0 Å². The van der Waals surface area contributed by atoms with Gasteiger partial charge >= 0.3 is 0 Å². The van der Waals surface area contributed by atoms with Crippen molar-refractivity contribution in [3.05, 3.63) is 35.9 Å². The van der Waals surface area contributed by atoms with Crippen molar-refractivity contribution in [3.8, 4) is 11.3 Å². The third-order valence-electron chi connectivity index (χ3n) is 2.57. The Morgan fingerprint density at radius 2 is 1.90 bits per heavy atom. The van der Waals surface area contributed by atoms with Crippen molar-refractivity contribution in [2.75, 3.05) is 6.26 Å². The Labute approximate surface area is 125 Å². The highest BCUT2D eigenvalue weighted by Crippen LogP contribution is 2.32. The van der Waals surface area contributed by atoms with Gasteiger partial charge in [-0.05, 0) is 24.3 Å². The van der Waals surface area contributed by atoms with Crippen LogP contribution in [0.25, 0.3) is 11.3 Å². The third kappa shape index (κ3) is 3.13. The van der Waals surface area contributed by atoms with E-state index in [1.165, 1.54) is 24.3 Å². The summed E-state index contributed by atoms with van der Waals surface area (Å²) < 4.78 is 41.0. The molecule has 0 aliphatic carbocycles. The summed E-state index contributed by atoms with van der Waals surface area (Å²) in [6.45, 7) is -0.840. The Morgan fingerprint density at radius 3 is 2.35 bits per heavy atom. The molecule has 0 amide bonds. The summed E-state index contributed by atoms with van der Waals surface area (Å²) in [5, 5.41) is 0. The second-order valence-electron chi connectivity index (χ2n) is 4.06. The molecule has 4 nitrogen and oxygen atoms in total. The summed E-state index contributed by atoms with van der Waals surface area (Å²) in [4.78, 5) is 3.02. The highest BCUT2D eigenvalue weighted by molar-refractivity contribution is 7.90. The quantitative estimate of drug-likeness (QED) is 0.798. The maximum Gasteiger partial charge on any atom is 0.228 e. The lowest BCUT2D eigenvalue weighted by atomic mass is 10.1. The van der Waals surface area contributed by atoms with Crippen LogP contribution >= 0.6 is 23.2 Å². The Bertz CT molecular complexity index is 711. The van der Waals surface area contributed by atoms with Crippen molar-refractivity contribution in [1.29, 1.82) is 0 Å². The molecule has 1 aromatic heterocycles. The van der Waals surface area contributed by atoms with Crippen molar-refractivity contribution < 1.29 is 17.2 Å². The van der Waals surface area contributed by atoms with Gasteiger partial charge in [-0.1, -0.05) is 23.2 Å². The molecule has 0 N–H and O–H groups in total. The smallest absolute Gasteiger partial charge is 0.228 e. The van der Waals surface area contributed by atoms with Gasteiger partial charge in [-0.2, -0.15) is 0 Å². The first-order chi connectivity index (χ1) is 9.32. The van der Waals surface area contributed by atoms with E-state index in [0.29, 0.717) is 5.56 Å². The van der Waals surface area contributed by atoms with Crippen LogP contribution in [0.1, 0.15) is 16.4 Å². The lowest BCUT2D eigenvalue weighted by molar-refractivity contribution is 0.475. The molecule has 0 radical (unpaired) electrons. The summed E-state index contributed by atoms with van der Waals surface area (Å²) in [6.07, 6.45) is 1.10. The minimum Gasteiger partial charge on any atom is -0.437 e. The Balaban J connectivity index is 2.46. The second-order valence-corrected chi connectivity index (χ2v) is 7.17. The van der Waals surface area contributed by atoms with E-state index >= 15 is 0 Å². The van der Waals surface area contributed by atoms with Gasteiger partial charge in [-0.3, -0.25) is 0 Å². The molecule has 0 saturated carbocycles. The van der Waals surface area contributed by atoms with E-state index < -0.39 is 21.3 Å². The number of sulfone groups is 1. The molecule has 2 aromatic rings. The minimum absolute atomic E-state index is 0.00294. The Kier molecular flexibility index (Phi) is 4.36. The average molecular weight is 338 g/mol. The van der Waals surface area contributed by atoms with E-state index in [2.05, 4.69) is 4.98 Å². The fraction of sp³-hybridized carbons (Fsp3) is 0.250. The van der Waals surface area contributed by atoms with E-state index in [4.69, 9.17) is 27.6 Å². The molecule has 20 heavy (non-hydrogen) atoms. The normalized spacial score (nSPS) is 12.1. The summed E-state index contributed by atoms with van der Waals surface area (Å²) >= 11 is 11.3. The molecule has 1 aromatic carbocycles. The van der Waals surface area contributed by atoms with Gasteiger partial charge in [0.05, 0.1) is 4.90 Å². The van der Waals surface area contributed by atoms with Crippen LogP contribution < -0.4 is 0 Å². The van der Waals surface area contributed by atoms with Crippen molar-refractivity contribution in [1.82, 2.24) is 4.98 Å². The molecule has 0 bridgehead atoms. The van der Waals surface area contributed by atoms with Crippen LogP contribution in [0.3, 0.4) is 0 Å². The number of nitrogens with zero attached hydrogens (tertiary/aromatic N) is 1. The zero-order chi connectivity index (χ0) is 14.9. The topological polar surface area (TPSA) is 60.2 Å². The zero-order valence-electron chi connectivity index (χ0n) is 10.3.